The number of imide groups is 1. The fourth-order valence-corrected chi connectivity index (χ4v) is 3.68. The van der Waals surface area contributed by atoms with Crippen molar-refractivity contribution >= 4 is 34.2 Å². The van der Waals surface area contributed by atoms with Gasteiger partial charge >= 0.3 is 0 Å². The quantitative estimate of drug-likeness (QED) is 0.858. The maximum atomic E-state index is 12.2. The van der Waals surface area contributed by atoms with Crippen LogP contribution in [-0.4, -0.2) is 34.2 Å². The zero-order chi connectivity index (χ0) is 14.8. The molecule has 112 valence electrons. The summed E-state index contributed by atoms with van der Waals surface area (Å²) < 4.78 is 0. The molecule has 0 aromatic carbocycles. The molecule has 1 N–H and O–H groups in total. The second-order valence-corrected chi connectivity index (χ2v) is 6.36. The number of anilines is 1. The fraction of sp³-hybridized carbons (Fsp3) is 0.571. The van der Waals surface area contributed by atoms with Gasteiger partial charge in [-0.25, -0.2) is 4.98 Å². The SMILES string of the molecule is O=C(CCN1C(=O)[C@H]2CCCC[C@H]2C1=O)Nc1nccs1. The third-order valence-corrected chi connectivity index (χ3v) is 4.86. The molecule has 1 aromatic rings. The van der Waals surface area contributed by atoms with Gasteiger partial charge in [0.15, 0.2) is 5.13 Å². The highest BCUT2D eigenvalue weighted by atomic mass is 32.1. The van der Waals surface area contributed by atoms with Crippen LogP contribution in [0.15, 0.2) is 11.6 Å². The largest absolute Gasteiger partial charge is 0.302 e. The number of nitrogens with one attached hydrogen (secondary N) is 1. The number of fused-ring (bicyclic) bond motifs is 1. The van der Waals surface area contributed by atoms with Crippen molar-refractivity contribution in [2.75, 3.05) is 11.9 Å². The zero-order valence-electron chi connectivity index (χ0n) is 11.6. The lowest BCUT2D eigenvalue weighted by Gasteiger charge is -2.19. The van der Waals surface area contributed by atoms with Gasteiger partial charge in [0.1, 0.15) is 0 Å². The normalized spacial score (nSPS) is 25.0. The van der Waals surface area contributed by atoms with Crippen LogP contribution in [0.1, 0.15) is 32.1 Å². The van der Waals surface area contributed by atoms with Gasteiger partial charge in [0.25, 0.3) is 0 Å². The summed E-state index contributed by atoms with van der Waals surface area (Å²) in [7, 11) is 0. The summed E-state index contributed by atoms with van der Waals surface area (Å²) in [5.74, 6) is -0.694. The van der Waals surface area contributed by atoms with Crippen LogP contribution in [0.3, 0.4) is 0 Å². The minimum absolute atomic E-state index is 0.0910. The van der Waals surface area contributed by atoms with Crippen molar-refractivity contribution in [3.05, 3.63) is 11.6 Å². The summed E-state index contributed by atoms with van der Waals surface area (Å²) in [5.41, 5.74) is 0. The van der Waals surface area contributed by atoms with Crippen LogP contribution in [0.5, 0.6) is 0 Å². The number of hydrogen-bond acceptors (Lipinski definition) is 5. The highest BCUT2D eigenvalue weighted by Gasteiger charge is 2.47. The minimum atomic E-state index is -0.222. The van der Waals surface area contributed by atoms with Gasteiger partial charge in [-0.3, -0.25) is 19.3 Å². The van der Waals surface area contributed by atoms with Crippen LogP contribution in [0, 0.1) is 11.8 Å². The molecule has 0 radical (unpaired) electrons. The van der Waals surface area contributed by atoms with E-state index in [1.54, 1.807) is 11.6 Å². The van der Waals surface area contributed by atoms with E-state index < -0.39 is 0 Å². The third kappa shape index (κ3) is 2.83. The zero-order valence-corrected chi connectivity index (χ0v) is 12.4. The number of carbonyl (C=O) groups excluding carboxylic acids is 3. The van der Waals surface area contributed by atoms with Gasteiger partial charge in [-0.15, -0.1) is 11.3 Å². The van der Waals surface area contributed by atoms with Crippen molar-refractivity contribution in [1.82, 2.24) is 9.88 Å². The van der Waals surface area contributed by atoms with Crippen LogP contribution in [0.2, 0.25) is 0 Å². The Bertz CT molecular complexity index is 534. The second kappa shape index (κ2) is 5.93. The fourth-order valence-electron chi connectivity index (χ4n) is 3.13. The number of aromatic nitrogens is 1. The summed E-state index contributed by atoms with van der Waals surface area (Å²) in [6, 6.07) is 0. The molecule has 21 heavy (non-hydrogen) atoms. The molecule has 6 nitrogen and oxygen atoms in total. The first-order chi connectivity index (χ1) is 10.2. The Morgan fingerprint density at radius 2 is 1.95 bits per heavy atom. The predicted molar refractivity (Wildman–Crippen MR) is 77.5 cm³/mol. The number of carbonyl (C=O) groups is 3. The van der Waals surface area contributed by atoms with Crippen molar-refractivity contribution in [3.8, 4) is 0 Å². The first kappa shape index (κ1) is 14.2. The molecule has 0 bridgehead atoms. The number of amides is 3. The first-order valence-electron chi connectivity index (χ1n) is 7.21. The Hall–Kier alpha value is -1.76. The lowest BCUT2D eigenvalue weighted by molar-refractivity contribution is -0.140. The second-order valence-electron chi connectivity index (χ2n) is 5.46. The highest BCUT2D eigenvalue weighted by Crippen LogP contribution is 2.37. The lowest BCUT2D eigenvalue weighted by Crippen LogP contribution is -2.34. The van der Waals surface area contributed by atoms with E-state index >= 15 is 0 Å². The van der Waals surface area contributed by atoms with E-state index in [-0.39, 0.29) is 42.5 Å². The molecule has 7 heteroatoms. The molecule has 1 saturated carbocycles. The van der Waals surface area contributed by atoms with Crippen LogP contribution >= 0.6 is 11.3 Å². The maximum Gasteiger partial charge on any atom is 0.233 e. The topological polar surface area (TPSA) is 79.4 Å². The Kier molecular flexibility index (Phi) is 4.01. The predicted octanol–water partition coefficient (Wildman–Crippen LogP) is 1.65. The van der Waals surface area contributed by atoms with Crippen molar-refractivity contribution in [3.63, 3.8) is 0 Å². The lowest BCUT2D eigenvalue weighted by atomic mass is 9.81. The Morgan fingerprint density at radius 1 is 1.29 bits per heavy atom. The van der Waals surface area contributed by atoms with E-state index in [4.69, 9.17) is 0 Å². The summed E-state index contributed by atoms with van der Waals surface area (Å²) in [5, 5.41) is 4.96. The summed E-state index contributed by atoms with van der Waals surface area (Å²) in [4.78, 5) is 41.5. The van der Waals surface area contributed by atoms with Gasteiger partial charge in [-0.1, -0.05) is 12.8 Å². The summed E-state index contributed by atoms with van der Waals surface area (Å²) in [6.07, 6.45) is 5.36. The van der Waals surface area contributed by atoms with Crippen molar-refractivity contribution in [1.29, 1.82) is 0 Å². The average Bonchev–Trinajstić information content (AvgIpc) is 3.07. The van der Waals surface area contributed by atoms with Crippen LogP contribution in [0.25, 0.3) is 0 Å². The highest BCUT2D eigenvalue weighted by molar-refractivity contribution is 7.13. The van der Waals surface area contributed by atoms with E-state index in [0.29, 0.717) is 5.13 Å². The molecule has 0 unspecified atom stereocenters. The van der Waals surface area contributed by atoms with E-state index in [1.165, 1.54) is 16.2 Å². The first-order valence-corrected chi connectivity index (χ1v) is 8.09. The van der Waals surface area contributed by atoms with Crippen molar-refractivity contribution in [2.45, 2.75) is 32.1 Å². The summed E-state index contributed by atoms with van der Waals surface area (Å²) in [6.45, 7) is 0.169. The van der Waals surface area contributed by atoms with E-state index in [9.17, 15) is 14.4 Å². The molecule has 1 aliphatic heterocycles. The molecule has 3 amide bonds. The average molecular weight is 307 g/mol. The number of rotatable bonds is 4. The molecule has 1 saturated heterocycles. The van der Waals surface area contributed by atoms with Gasteiger partial charge in [0.2, 0.25) is 17.7 Å². The van der Waals surface area contributed by atoms with Gasteiger partial charge in [0, 0.05) is 24.5 Å². The molecule has 3 rings (SSSR count). The van der Waals surface area contributed by atoms with E-state index in [2.05, 4.69) is 10.3 Å². The molecule has 2 fully saturated rings. The van der Waals surface area contributed by atoms with Gasteiger partial charge < -0.3 is 5.32 Å². The third-order valence-electron chi connectivity index (χ3n) is 4.17. The van der Waals surface area contributed by atoms with Gasteiger partial charge in [0.05, 0.1) is 11.8 Å². The monoisotopic (exact) mass is 307 g/mol. The molecule has 2 aliphatic rings. The smallest absolute Gasteiger partial charge is 0.233 e. The molecule has 1 aromatic heterocycles. The Balaban J connectivity index is 1.56. The van der Waals surface area contributed by atoms with Crippen LogP contribution in [-0.2, 0) is 14.4 Å². The number of nitrogens with zero attached hydrogens (tertiary/aromatic N) is 2. The molecule has 0 spiro atoms. The van der Waals surface area contributed by atoms with Crippen molar-refractivity contribution < 1.29 is 14.4 Å². The maximum absolute atomic E-state index is 12.2. The van der Waals surface area contributed by atoms with Crippen LogP contribution < -0.4 is 5.32 Å². The van der Waals surface area contributed by atoms with Crippen molar-refractivity contribution in [2.24, 2.45) is 11.8 Å². The van der Waals surface area contributed by atoms with Gasteiger partial charge in [-0.2, -0.15) is 0 Å². The number of likely N-dealkylation sites (tertiary alicyclic amines) is 1. The Labute approximate surface area is 126 Å². The molecule has 1 aliphatic carbocycles. The van der Waals surface area contributed by atoms with E-state index in [1.807, 2.05) is 0 Å². The molecular weight excluding hydrogens is 290 g/mol. The van der Waals surface area contributed by atoms with Gasteiger partial charge in [-0.05, 0) is 12.8 Å². The number of thiazole rings is 1. The number of hydrogen-bond donors (Lipinski definition) is 1. The standard InChI is InChI=1S/C14H17N3O3S/c18-11(16-14-15-6-8-21-14)5-7-17-12(19)9-3-1-2-4-10(9)13(17)20/h6,8-10H,1-5,7H2,(H,15,16,18)/t9-,10+. The summed E-state index contributed by atoms with van der Waals surface area (Å²) >= 11 is 1.34. The Morgan fingerprint density at radius 3 is 2.52 bits per heavy atom. The van der Waals surface area contributed by atoms with Crippen LogP contribution in [0.4, 0.5) is 5.13 Å². The van der Waals surface area contributed by atoms with E-state index in [0.717, 1.165) is 25.7 Å². The molecule has 2 atom stereocenters. The molecule has 2 heterocycles. The minimum Gasteiger partial charge on any atom is -0.302 e. The molecular formula is C14H17N3O3S.